The number of carbonyl (C=O) groups excluding carboxylic acids is 2. The zero-order chi connectivity index (χ0) is 30.0. The molecule has 1 atom stereocenters. The van der Waals surface area contributed by atoms with Crippen molar-refractivity contribution < 1.29 is 28.0 Å². The highest BCUT2D eigenvalue weighted by atomic mass is 19.2. The van der Waals surface area contributed by atoms with E-state index in [1.165, 1.54) is 31.6 Å². The topological polar surface area (TPSA) is 105 Å². The number of imidazole rings is 1. The number of nitrogens with zero attached hydrogens (tertiary/aromatic N) is 4. The number of hydrogen-bond acceptors (Lipinski definition) is 6. The molecule has 5 rings (SSSR count). The summed E-state index contributed by atoms with van der Waals surface area (Å²) in [5, 5.41) is 6.31. The van der Waals surface area contributed by atoms with Crippen LogP contribution in [0.25, 0.3) is 16.9 Å². The van der Waals surface area contributed by atoms with Crippen LogP contribution in [0.3, 0.4) is 0 Å². The maximum absolute atomic E-state index is 14.8. The number of carbonyl (C=O) groups is 2. The Kier molecular flexibility index (Phi) is 8.34. The number of methoxy groups -OCH3 is 1. The predicted octanol–water partition coefficient (Wildman–Crippen LogP) is 2.60. The number of amides is 2. The number of likely N-dealkylation sites (tertiary alicyclic amines) is 1. The summed E-state index contributed by atoms with van der Waals surface area (Å²) in [4.78, 5) is 37.3. The highest BCUT2D eigenvalue weighted by Crippen LogP contribution is 2.31. The summed E-state index contributed by atoms with van der Waals surface area (Å²) in [6.07, 6.45) is 6.26. The van der Waals surface area contributed by atoms with E-state index in [4.69, 9.17) is 4.74 Å². The maximum atomic E-state index is 14.8. The van der Waals surface area contributed by atoms with Gasteiger partial charge in [-0.1, -0.05) is 0 Å². The Labute approximate surface area is 242 Å². The van der Waals surface area contributed by atoms with E-state index >= 15 is 0 Å². The molecule has 0 radical (unpaired) electrons. The molecule has 1 aliphatic heterocycles. The number of nitrogens with one attached hydrogen (secondary N) is 3. The lowest BCUT2D eigenvalue weighted by atomic mass is 10.0. The molecule has 3 heterocycles. The van der Waals surface area contributed by atoms with E-state index in [0.29, 0.717) is 48.0 Å². The van der Waals surface area contributed by atoms with Crippen molar-refractivity contribution in [1.29, 1.82) is 0 Å². The Hall–Kier alpha value is -4.58. The first kappa shape index (κ1) is 28.9. The van der Waals surface area contributed by atoms with Crippen LogP contribution in [0.5, 0.6) is 5.75 Å². The van der Waals surface area contributed by atoms with Gasteiger partial charge in [0.25, 0.3) is 11.8 Å². The number of ether oxygens (including phenoxy) is 1. The molecular weight excluding hydrogens is 544 g/mol. The summed E-state index contributed by atoms with van der Waals surface area (Å²) >= 11 is 0. The molecule has 1 fully saturated rings. The molecule has 2 amide bonds. The minimum Gasteiger partial charge on any atom is -0.494 e. The first-order valence-electron chi connectivity index (χ1n) is 13.8. The Morgan fingerprint density at radius 3 is 2.69 bits per heavy atom. The summed E-state index contributed by atoms with van der Waals surface area (Å²) < 4.78 is 35.7. The number of aryl methyl sites for hydroxylation is 1. The summed E-state index contributed by atoms with van der Waals surface area (Å²) in [7, 11) is 5.16. The van der Waals surface area contributed by atoms with Crippen molar-refractivity contribution in [2.24, 2.45) is 0 Å². The van der Waals surface area contributed by atoms with Gasteiger partial charge in [0.15, 0.2) is 29.6 Å². The number of piperidine rings is 1. The molecular formula is C30H34F2N7O3+. The van der Waals surface area contributed by atoms with E-state index in [0.717, 1.165) is 23.3 Å². The van der Waals surface area contributed by atoms with Gasteiger partial charge in [-0.2, -0.15) is 4.39 Å². The van der Waals surface area contributed by atoms with Gasteiger partial charge in [0, 0.05) is 48.3 Å². The van der Waals surface area contributed by atoms with E-state index in [9.17, 15) is 18.4 Å². The number of anilines is 2. The number of halogens is 2. The van der Waals surface area contributed by atoms with Crippen LogP contribution in [0, 0.1) is 18.6 Å². The lowest BCUT2D eigenvalue weighted by Crippen LogP contribution is -3.07. The second-order valence-corrected chi connectivity index (χ2v) is 10.7. The number of aromatic nitrogens is 3. The Bertz CT molecular complexity index is 1640. The van der Waals surface area contributed by atoms with E-state index in [1.807, 2.05) is 32.0 Å². The zero-order valence-corrected chi connectivity index (χ0v) is 24.0. The van der Waals surface area contributed by atoms with E-state index < -0.39 is 11.6 Å². The van der Waals surface area contributed by atoms with Gasteiger partial charge in [-0.05, 0) is 55.7 Å². The highest BCUT2D eigenvalue weighted by molar-refractivity contribution is 5.96. The molecule has 0 bridgehead atoms. The van der Waals surface area contributed by atoms with Crippen molar-refractivity contribution in [3.8, 4) is 17.0 Å². The van der Waals surface area contributed by atoms with Crippen molar-refractivity contribution in [2.45, 2.75) is 25.8 Å². The predicted molar refractivity (Wildman–Crippen MR) is 154 cm³/mol. The van der Waals surface area contributed by atoms with Crippen LogP contribution in [-0.2, 0) is 4.79 Å². The monoisotopic (exact) mass is 578 g/mol. The van der Waals surface area contributed by atoms with Gasteiger partial charge in [0.1, 0.15) is 0 Å². The van der Waals surface area contributed by atoms with Crippen molar-refractivity contribution in [2.75, 3.05) is 46.2 Å². The van der Waals surface area contributed by atoms with Crippen molar-refractivity contribution in [3.05, 3.63) is 71.7 Å². The summed E-state index contributed by atoms with van der Waals surface area (Å²) in [6, 6.07) is 8.04. The standard InChI is InChI=1S/C30H33F2N7O3/c1-18-14-19(7-8-21(18)30(41)36-20-6-5-12-38(16-20)25(40)17-37(2)3)35-28-29-34-15-23(39(29)13-11-33-28)22-9-10-24(42-4)27(32)26(22)31/h7-11,13-15,20H,5-6,12,16-17H2,1-4H3,(H,33,35)(H,36,41)/p+1. The second kappa shape index (κ2) is 12.1. The number of quaternary nitrogens is 1. The number of benzene rings is 2. The molecule has 12 heteroatoms. The van der Waals surface area contributed by atoms with Crippen LogP contribution in [0.1, 0.15) is 28.8 Å². The SMILES string of the molecule is COc1ccc(-c2cnc3c(Nc4ccc(C(=O)NC5CCCN(C(=O)C[NH+](C)C)C5)c(C)c4)nccn23)c(F)c1F. The third kappa shape index (κ3) is 5.89. The van der Waals surface area contributed by atoms with Crippen LogP contribution in [0.15, 0.2) is 48.9 Å². The van der Waals surface area contributed by atoms with Crippen LogP contribution >= 0.6 is 0 Å². The molecule has 1 aliphatic rings. The van der Waals surface area contributed by atoms with Crippen molar-refractivity contribution in [3.63, 3.8) is 0 Å². The number of hydrogen-bond donors (Lipinski definition) is 3. The third-order valence-electron chi connectivity index (χ3n) is 7.32. The molecule has 2 aromatic carbocycles. The van der Waals surface area contributed by atoms with Crippen LogP contribution in [-0.4, -0.2) is 78.0 Å². The average molecular weight is 579 g/mol. The van der Waals surface area contributed by atoms with Gasteiger partial charge in [-0.15, -0.1) is 0 Å². The molecule has 4 aromatic rings. The van der Waals surface area contributed by atoms with Crippen LogP contribution in [0.2, 0.25) is 0 Å². The number of rotatable bonds is 8. The summed E-state index contributed by atoms with van der Waals surface area (Å²) in [5.74, 6) is -1.98. The quantitative estimate of drug-likeness (QED) is 0.297. The summed E-state index contributed by atoms with van der Waals surface area (Å²) in [5.41, 5.74) is 2.76. The van der Waals surface area contributed by atoms with Gasteiger partial charge < -0.3 is 25.2 Å². The molecule has 0 spiro atoms. The molecule has 0 saturated carbocycles. The molecule has 220 valence electrons. The van der Waals surface area contributed by atoms with Crippen molar-refractivity contribution in [1.82, 2.24) is 24.6 Å². The van der Waals surface area contributed by atoms with Gasteiger partial charge >= 0.3 is 0 Å². The second-order valence-electron chi connectivity index (χ2n) is 10.7. The Morgan fingerprint density at radius 2 is 1.95 bits per heavy atom. The normalized spacial score (nSPS) is 15.2. The molecule has 42 heavy (non-hydrogen) atoms. The Balaban J connectivity index is 1.31. The van der Waals surface area contributed by atoms with Crippen molar-refractivity contribution >= 4 is 29.0 Å². The molecule has 0 aliphatic carbocycles. The largest absolute Gasteiger partial charge is 0.494 e. The summed E-state index contributed by atoms with van der Waals surface area (Å²) in [6.45, 7) is 3.49. The number of fused-ring (bicyclic) bond motifs is 1. The fraction of sp³-hybridized carbons (Fsp3) is 0.333. The van der Waals surface area contributed by atoms with Gasteiger partial charge in [0.05, 0.1) is 33.1 Å². The smallest absolute Gasteiger partial charge is 0.277 e. The van der Waals surface area contributed by atoms with Crippen LogP contribution in [0.4, 0.5) is 20.3 Å². The highest BCUT2D eigenvalue weighted by Gasteiger charge is 2.26. The minimum absolute atomic E-state index is 0.0356. The van der Waals surface area contributed by atoms with Crippen LogP contribution < -0.4 is 20.3 Å². The first-order chi connectivity index (χ1) is 20.2. The lowest BCUT2D eigenvalue weighted by molar-refractivity contribution is -0.849. The zero-order valence-electron chi connectivity index (χ0n) is 24.0. The van der Waals surface area contributed by atoms with E-state index in [-0.39, 0.29) is 29.2 Å². The van der Waals surface area contributed by atoms with E-state index in [1.54, 1.807) is 22.7 Å². The fourth-order valence-corrected chi connectivity index (χ4v) is 5.23. The van der Waals surface area contributed by atoms with Gasteiger partial charge in [-0.25, -0.2) is 14.4 Å². The average Bonchev–Trinajstić information content (AvgIpc) is 3.39. The molecule has 1 unspecified atom stereocenters. The van der Waals surface area contributed by atoms with E-state index in [2.05, 4.69) is 20.6 Å². The molecule has 10 nitrogen and oxygen atoms in total. The lowest BCUT2D eigenvalue weighted by Gasteiger charge is -2.33. The number of likely N-dealkylation sites (N-methyl/N-ethyl adjacent to an activating group) is 1. The fourth-order valence-electron chi connectivity index (χ4n) is 5.23. The van der Waals surface area contributed by atoms with Gasteiger partial charge in [0.2, 0.25) is 5.82 Å². The molecule has 2 aromatic heterocycles. The van der Waals surface area contributed by atoms with Gasteiger partial charge in [-0.3, -0.25) is 14.0 Å². The third-order valence-corrected chi connectivity index (χ3v) is 7.32. The minimum atomic E-state index is -1.07. The molecule has 3 N–H and O–H groups in total. The molecule has 1 saturated heterocycles. The Morgan fingerprint density at radius 1 is 1.14 bits per heavy atom. The first-order valence-corrected chi connectivity index (χ1v) is 13.8. The maximum Gasteiger partial charge on any atom is 0.277 e.